The standard InChI is InChI=1S/C22H17Cl2N3O4/c1-11-17-16(5-4-15(23)18(17)24)26-19(11)20(28)27-22(6-7-31-10-22)14-3-2-12(21(29)30)8-13(14)9-25/h2-5,8,26H,6-7,10H2,1H3,(H,27,28)(H,29,30). The second-order valence-electron chi connectivity index (χ2n) is 7.43. The molecule has 1 aliphatic heterocycles. The van der Waals surface area contributed by atoms with Crippen molar-refractivity contribution in [2.24, 2.45) is 0 Å². The second-order valence-corrected chi connectivity index (χ2v) is 8.21. The minimum atomic E-state index is -1.13. The summed E-state index contributed by atoms with van der Waals surface area (Å²) in [6.07, 6.45) is 0.436. The Morgan fingerprint density at radius 3 is 2.71 bits per heavy atom. The minimum absolute atomic E-state index is 0.00123. The van der Waals surface area contributed by atoms with Crippen LogP contribution in [-0.2, 0) is 10.3 Å². The van der Waals surface area contributed by atoms with Gasteiger partial charge in [-0.25, -0.2) is 4.79 Å². The van der Waals surface area contributed by atoms with Gasteiger partial charge in [-0.1, -0.05) is 29.3 Å². The smallest absolute Gasteiger partial charge is 0.335 e. The molecule has 1 saturated heterocycles. The molecular formula is C22H17Cl2N3O4. The fourth-order valence-corrected chi connectivity index (χ4v) is 4.48. The molecule has 1 aromatic heterocycles. The van der Waals surface area contributed by atoms with Gasteiger partial charge in [0, 0.05) is 23.9 Å². The third-order valence-electron chi connectivity index (χ3n) is 5.61. The van der Waals surface area contributed by atoms with Crippen LogP contribution in [0.5, 0.6) is 0 Å². The van der Waals surface area contributed by atoms with Crippen LogP contribution in [0.25, 0.3) is 10.9 Å². The van der Waals surface area contributed by atoms with E-state index in [2.05, 4.69) is 10.3 Å². The number of aryl methyl sites for hydroxylation is 1. The zero-order valence-electron chi connectivity index (χ0n) is 16.4. The quantitative estimate of drug-likeness (QED) is 0.536. The Kier molecular flexibility index (Phi) is 5.40. The zero-order chi connectivity index (χ0) is 22.3. The molecule has 3 N–H and O–H groups in total. The van der Waals surface area contributed by atoms with Crippen LogP contribution in [0.3, 0.4) is 0 Å². The van der Waals surface area contributed by atoms with Crippen molar-refractivity contribution >= 4 is 46.0 Å². The topological polar surface area (TPSA) is 115 Å². The van der Waals surface area contributed by atoms with Gasteiger partial charge in [-0.2, -0.15) is 5.26 Å². The number of ether oxygens (including phenoxy) is 1. The molecule has 9 heteroatoms. The summed E-state index contributed by atoms with van der Waals surface area (Å²) in [6, 6.07) is 9.73. The van der Waals surface area contributed by atoms with Gasteiger partial charge in [0.1, 0.15) is 5.69 Å². The SMILES string of the molecule is Cc1c(C(=O)NC2(c3ccc(C(=O)O)cc3C#N)CCOC2)[nH]c2ccc(Cl)c(Cl)c12. The summed E-state index contributed by atoms with van der Waals surface area (Å²) in [5.41, 5.74) is 1.37. The monoisotopic (exact) mass is 457 g/mol. The molecule has 1 aliphatic rings. The molecule has 3 aromatic rings. The molecule has 0 aliphatic carbocycles. The van der Waals surface area contributed by atoms with Crippen LogP contribution in [0, 0.1) is 18.3 Å². The maximum atomic E-state index is 13.3. The summed E-state index contributed by atoms with van der Waals surface area (Å²) < 4.78 is 5.56. The number of fused-ring (bicyclic) bond motifs is 1. The van der Waals surface area contributed by atoms with E-state index in [1.807, 2.05) is 6.07 Å². The fraction of sp³-hybridized carbons (Fsp3) is 0.227. The number of aromatic carboxylic acids is 1. The van der Waals surface area contributed by atoms with E-state index in [4.69, 9.17) is 27.9 Å². The number of aromatic nitrogens is 1. The van der Waals surface area contributed by atoms with Crippen molar-refractivity contribution in [1.82, 2.24) is 10.3 Å². The lowest BCUT2D eigenvalue weighted by Crippen LogP contribution is -2.47. The van der Waals surface area contributed by atoms with E-state index in [9.17, 15) is 20.0 Å². The number of halogens is 2. The van der Waals surface area contributed by atoms with Crippen LogP contribution in [0.1, 0.15) is 44.0 Å². The first-order chi connectivity index (χ1) is 14.8. The van der Waals surface area contributed by atoms with E-state index in [0.717, 1.165) is 0 Å². The van der Waals surface area contributed by atoms with Gasteiger partial charge in [0.15, 0.2) is 0 Å². The van der Waals surface area contributed by atoms with Crippen molar-refractivity contribution in [3.8, 4) is 6.07 Å². The Balaban J connectivity index is 1.76. The van der Waals surface area contributed by atoms with E-state index in [-0.39, 0.29) is 17.7 Å². The van der Waals surface area contributed by atoms with E-state index in [1.165, 1.54) is 12.1 Å². The molecule has 31 heavy (non-hydrogen) atoms. The summed E-state index contributed by atoms with van der Waals surface area (Å²) >= 11 is 12.5. The summed E-state index contributed by atoms with van der Waals surface area (Å²) in [7, 11) is 0. The molecule has 1 amide bonds. The van der Waals surface area contributed by atoms with Crippen LogP contribution >= 0.6 is 23.2 Å². The number of hydrogen-bond acceptors (Lipinski definition) is 4. The van der Waals surface area contributed by atoms with Crippen molar-refractivity contribution in [1.29, 1.82) is 5.26 Å². The van der Waals surface area contributed by atoms with Gasteiger partial charge in [-0.15, -0.1) is 0 Å². The molecule has 0 spiro atoms. The molecule has 2 heterocycles. The van der Waals surface area contributed by atoms with Crippen LogP contribution in [0.15, 0.2) is 30.3 Å². The first-order valence-corrected chi connectivity index (χ1v) is 10.2. The number of carboxylic acid groups (broad SMARTS) is 1. The van der Waals surface area contributed by atoms with E-state index in [0.29, 0.717) is 50.8 Å². The number of aromatic amines is 1. The number of carbonyl (C=O) groups is 2. The third kappa shape index (κ3) is 3.53. The molecule has 2 aromatic carbocycles. The normalized spacial score (nSPS) is 18.1. The largest absolute Gasteiger partial charge is 0.478 e. The lowest BCUT2D eigenvalue weighted by molar-refractivity contribution is 0.0696. The van der Waals surface area contributed by atoms with Crippen LogP contribution in [0.4, 0.5) is 0 Å². The number of nitrogens with one attached hydrogen (secondary N) is 2. The number of carboxylic acids is 1. The molecule has 158 valence electrons. The Morgan fingerprint density at radius 2 is 2.06 bits per heavy atom. The molecule has 1 unspecified atom stereocenters. The summed E-state index contributed by atoms with van der Waals surface area (Å²) in [5, 5.41) is 23.3. The lowest BCUT2D eigenvalue weighted by atomic mass is 9.85. The molecular weight excluding hydrogens is 441 g/mol. The number of nitriles is 1. The van der Waals surface area contributed by atoms with Gasteiger partial charge >= 0.3 is 5.97 Å². The van der Waals surface area contributed by atoms with Crippen molar-refractivity contribution in [2.75, 3.05) is 13.2 Å². The number of benzene rings is 2. The first kappa shape index (κ1) is 21.2. The van der Waals surface area contributed by atoms with Gasteiger partial charge in [0.2, 0.25) is 0 Å². The highest BCUT2D eigenvalue weighted by atomic mass is 35.5. The van der Waals surface area contributed by atoms with E-state index >= 15 is 0 Å². The molecule has 4 rings (SSSR count). The Hall–Kier alpha value is -3.05. The maximum Gasteiger partial charge on any atom is 0.335 e. The van der Waals surface area contributed by atoms with Crippen molar-refractivity contribution in [3.05, 3.63) is 68.3 Å². The van der Waals surface area contributed by atoms with Crippen molar-refractivity contribution < 1.29 is 19.4 Å². The molecule has 1 atom stereocenters. The maximum absolute atomic E-state index is 13.3. The molecule has 0 saturated carbocycles. The summed E-state index contributed by atoms with van der Waals surface area (Å²) in [4.78, 5) is 27.7. The number of carbonyl (C=O) groups excluding carboxylic acids is 1. The molecule has 7 nitrogen and oxygen atoms in total. The number of amides is 1. The van der Waals surface area contributed by atoms with Gasteiger partial charge in [-0.05, 0) is 42.3 Å². The zero-order valence-corrected chi connectivity index (χ0v) is 17.9. The summed E-state index contributed by atoms with van der Waals surface area (Å²) in [5.74, 6) is -1.52. The Bertz CT molecular complexity index is 1270. The van der Waals surface area contributed by atoms with E-state index < -0.39 is 17.4 Å². The average Bonchev–Trinajstić information content (AvgIpc) is 3.35. The van der Waals surface area contributed by atoms with Gasteiger partial charge in [-0.3, -0.25) is 4.79 Å². The second kappa shape index (κ2) is 7.89. The first-order valence-electron chi connectivity index (χ1n) is 9.42. The van der Waals surface area contributed by atoms with Crippen molar-refractivity contribution in [3.63, 3.8) is 0 Å². The Morgan fingerprint density at radius 1 is 1.29 bits per heavy atom. The highest BCUT2D eigenvalue weighted by Crippen LogP contribution is 2.36. The highest BCUT2D eigenvalue weighted by Gasteiger charge is 2.41. The van der Waals surface area contributed by atoms with Gasteiger partial charge in [0.05, 0.1) is 39.4 Å². The average molecular weight is 458 g/mol. The fourth-order valence-electron chi connectivity index (χ4n) is 4.01. The molecule has 0 radical (unpaired) electrons. The number of nitrogens with zero attached hydrogens (tertiary/aromatic N) is 1. The number of H-pyrrole nitrogens is 1. The highest BCUT2D eigenvalue weighted by molar-refractivity contribution is 6.45. The Labute approximate surface area is 187 Å². The van der Waals surface area contributed by atoms with E-state index in [1.54, 1.807) is 25.1 Å². The van der Waals surface area contributed by atoms with Crippen LogP contribution in [-0.4, -0.2) is 35.2 Å². The predicted octanol–water partition coefficient (Wildman–Crippen LogP) is 4.40. The molecule has 1 fully saturated rings. The predicted molar refractivity (Wildman–Crippen MR) is 116 cm³/mol. The molecule has 0 bridgehead atoms. The third-order valence-corrected chi connectivity index (χ3v) is 6.41. The lowest BCUT2D eigenvalue weighted by Gasteiger charge is -2.30. The summed E-state index contributed by atoms with van der Waals surface area (Å²) in [6.45, 7) is 2.32. The minimum Gasteiger partial charge on any atom is -0.478 e. The number of rotatable bonds is 4. The van der Waals surface area contributed by atoms with Gasteiger partial charge in [0.25, 0.3) is 5.91 Å². The van der Waals surface area contributed by atoms with Crippen molar-refractivity contribution in [2.45, 2.75) is 18.9 Å². The number of hydrogen-bond donors (Lipinski definition) is 3. The van der Waals surface area contributed by atoms with Crippen LogP contribution < -0.4 is 5.32 Å². The van der Waals surface area contributed by atoms with Crippen LogP contribution in [0.2, 0.25) is 10.0 Å². The van der Waals surface area contributed by atoms with Gasteiger partial charge < -0.3 is 20.1 Å².